The highest BCUT2D eigenvalue weighted by Gasteiger charge is 2.23. The molecule has 3 unspecified atom stereocenters. The molecular weight excluding hydrogens is 412 g/mol. The van der Waals surface area contributed by atoms with Crippen molar-refractivity contribution in [2.75, 3.05) is 11.9 Å². The summed E-state index contributed by atoms with van der Waals surface area (Å²) in [6, 6.07) is 20.8. The minimum absolute atomic E-state index is 0.0669. The Labute approximate surface area is 178 Å². The summed E-state index contributed by atoms with van der Waals surface area (Å²) >= 11 is 3.54. The number of hydrogen-bond acceptors (Lipinski definition) is 2. The van der Waals surface area contributed by atoms with Gasteiger partial charge in [0, 0.05) is 11.2 Å². The van der Waals surface area contributed by atoms with E-state index in [1.807, 2.05) is 24.3 Å². The second-order valence-electron chi connectivity index (χ2n) is 7.76. The van der Waals surface area contributed by atoms with Crippen LogP contribution in [0.15, 0.2) is 60.7 Å². The number of rotatable bonds is 14. The van der Waals surface area contributed by atoms with Gasteiger partial charge >= 0.3 is 0 Å². The van der Waals surface area contributed by atoms with E-state index in [0.717, 1.165) is 37.4 Å². The van der Waals surface area contributed by atoms with E-state index in [1.165, 1.54) is 17.4 Å². The third kappa shape index (κ3) is 8.70. The lowest BCUT2D eigenvalue weighted by Gasteiger charge is -2.26. The summed E-state index contributed by atoms with van der Waals surface area (Å²) in [4.78, 5) is 11.9. The molecule has 28 heavy (non-hydrogen) atoms. The number of carbonyl (C=O) groups is 1. The van der Waals surface area contributed by atoms with Gasteiger partial charge in [-0.1, -0.05) is 83.5 Å². The Morgan fingerprint density at radius 1 is 0.964 bits per heavy atom. The molecule has 0 amide bonds. The molecule has 2 nitrogen and oxygen atoms in total. The van der Waals surface area contributed by atoms with Crippen molar-refractivity contribution in [3.05, 3.63) is 71.8 Å². The Morgan fingerprint density at radius 3 is 2.21 bits per heavy atom. The Kier molecular flexibility index (Phi) is 11.2. The molecule has 3 heteroatoms. The summed E-state index contributed by atoms with van der Waals surface area (Å²) in [6.45, 7) is 3.54. The lowest BCUT2D eigenvalue weighted by atomic mass is 9.82. The summed E-state index contributed by atoms with van der Waals surface area (Å²) < 4.78 is 6.04. The van der Waals surface area contributed by atoms with Gasteiger partial charge in [0.15, 0.2) is 0 Å². The van der Waals surface area contributed by atoms with E-state index in [4.69, 9.17) is 4.74 Å². The van der Waals surface area contributed by atoms with Gasteiger partial charge in [0.1, 0.15) is 6.29 Å². The minimum atomic E-state index is 0.0669. The topological polar surface area (TPSA) is 26.3 Å². The molecule has 0 bridgehead atoms. The monoisotopic (exact) mass is 444 g/mol. The second-order valence-corrected chi connectivity index (χ2v) is 8.55. The SMILES string of the molecule is CC(CCBr)CC(COCc1ccccc1)C(C=O)CCCc1ccccc1. The Bertz CT molecular complexity index is 644. The van der Waals surface area contributed by atoms with Crippen LogP contribution in [0.25, 0.3) is 0 Å². The Morgan fingerprint density at radius 2 is 1.61 bits per heavy atom. The van der Waals surface area contributed by atoms with Crippen molar-refractivity contribution in [2.24, 2.45) is 17.8 Å². The quantitative estimate of drug-likeness (QED) is 0.246. The van der Waals surface area contributed by atoms with Gasteiger partial charge in [0.05, 0.1) is 13.2 Å². The fourth-order valence-corrected chi connectivity index (χ4v) is 4.47. The van der Waals surface area contributed by atoms with Gasteiger partial charge < -0.3 is 9.53 Å². The van der Waals surface area contributed by atoms with Crippen LogP contribution in [-0.4, -0.2) is 18.2 Å². The van der Waals surface area contributed by atoms with Crippen LogP contribution in [-0.2, 0) is 22.6 Å². The number of alkyl halides is 1. The van der Waals surface area contributed by atoms with Crippen LogP contribution < -0.4 is 0 Å². The number of carbonyl (C=O) groups excluding carboxylic acids is 1. The molecule has 0 spiro atoms. The zero-order chi connectivity index (χ0) is 20.0. The fraction of sp³-hybridized carbons (Fsp3) is 0.480. The smallest absolute Gasteiger partial charge is 0.123 e. The standard InChI is InChI=1S/C25H33BrO2/c1-21(15-16-26)17-25(20-28-19-23-11-6-3-7-12-23)24(18-27)14-8-13-22-9-4-2-5-10-22/h2-7,9-12,18,21,24-25H,8,13-17,19-20H2,1H3. The van der Waals surface area contributed by atoms with Gasteiger partial charge in [-0.15, -0.1) is 0 Å². The highest BCUT2D eigenvalue weighted by molar-refractivity contribution is 9.09. The molecule has 0 aliphatic rings. The first kappa shape index (κ1) is 22.8. The molecule has 0 N–H and O–H groups in total. The zero-order valence-corrected chi connectivity index (χ0v) is 18.5. The van der Waals surface area contributed by atoms with E-state index in [9.17, 15) is 4.79 Å². The summed E-state index contributed by atoms with van der Waals surface area (Å²) in [6.07, 6.45) is 6.33. The molecule has 3 atom stereocenters. The molecule has 152 valence electrons. The third-order valence-corrected chi connectivity index (χ3v) is 5.83. The number of benzene rings is 2. The Hall–Kier alpha value is -1.45. The molecule has 2 aromatic carbocycles. The van der Waals surface area contributed by atoms with E-state index >= 15 is 0 Å². The predicted molar refractivity (Wildman–Crippen MR) is 121 cm³/mol. The molecule has 0 fully saturated rings. The number of halogens is 1. The molecule has 0 heterocycles. The van der Waals surface area contributed by atoms with Gasteiger partial charge in [0.2, 0.25) is 0 Å². The van der Waals surface area contributed by atoms with Crippen molar-refractivity contribution in [2.45, 2.75) is 45.6 Å². The Balaban J connectivity index is 1.89. The maximum Gasteiger partial charge on any atom is 0.123 e. The van der Waals surface area contributed by atoms with Crippen LogP contribution in [0.4, 0.5) is 0 Å². The third-order valence-electron chi connectivity index (χ3n) is 5.38. The van der Waals surface area contributed by atoms with Crippen LogP contribution in [0.1, 0.15) is 43.7 Å². The number of ether oxygens (including phenoxy) is 1. The molecule has 0 radical (unpaired) electrons. The molecule has 0 aliphatic heterocycles. The van der Waals surface area contributed by atoms with Crippen LogP contribution >= 0.6 is 15.9 Å². The molecule has 0 saturated carbocycles. The first-order valence-electron chi connectivity index (χ1n) is 10.4. The van der Waals surface area contributed by atoms with Crippen LogP contribution in [0, 0.1) is 17.8 Å². The van der Waals surface area contributed by atoms with E-state index in [1.54, 1.807) is 0 Å². The second kappa shape index (κ2) is 13.7. The van der Waals surface area contributed by atoms with Crippen molar-refractivity contribution in [1.29, 1.82) is 0 Å². The fourth-order valence-electron chi connectivity index (χ4n) is 3.69. The molecular formula is C25H33BrO2. The first-order valence-corrected chi connectivity index (χ1v) is 11.5. The number of hydrogen-bond donors (Lipinski definition) is 0. The summed E-state index contributed by atoms with van der Waals surface area (Å²) in [5.74, 6) is 0.935. The molecule has 2 rings (SSSR count). The van der Waals surface area contributed by atoms with Crippen LogP contribution in [0.3, 0.4) is 0 Å². The zero-order valence-electron chi connectivity index (χ0n) is 16.9. The van der Waals surface area contributed by atoms with Crippen molar-refractivity contribution in [1.82, 2.24) is 0 Å². The average molecular weight is 445 g/mol. The first-order chi connectivity index (χ1) is 13.7. The highest BCUT2D eigenvalue weighted by Crippen LogP contribution is 2.27. The summed E-state index contributed by atoms with van der Waals surface area (Å²) in [7, 11) is 0. The van der Waals surface area contributed by atoms with Gasteiger partial charge in [-0.2, -0.15) is 0 Å². The van der Waals surface area contributed by atoms with Crippen molar-refractivity contribution in [3.63, 3.8) is 0 Å². The lowest BCUT2D eigenvalue weighted by Crippen LogP contribution is -2.24. The van der Waals surface area contributed by atoms with Crippen molar-refractivity contribution >= 4 is 22.2 Å². The normalized spacial score (nSPS) is 14.4. The molecule has 0 aromatic heterocycles. The van der Waals surface area contributed by atoms with E-state index in [2.05, 4.69) is 59.3 Å². The minimum Gasteiger partial charge on any atom is -0.376 e. The average Bonchev–Trinajstić information content (AvgIpc) is 2.72. The largest absolute Gasteiger partial charge is 0.376 e. The van der Waals surface area contributed by atoms with Crippen molar-refractivity contribution < 1.29 is 9.53 Å². The highest BCUT2D eigenvalue weighted by atomic mass is 79.9. The predicted octanol–water partition coefficient (Wildman–Crippen LogP) is 6.47. The van der Waals surface area contributed by atoms with Gasteiger partial charge in [-0.25, -0.2) is 0 Å². The molecule has 0 saturated heterocycles. The van der Waals surface area contributed by atoms with Gasteiger partial charge in [-0.3, -0.25) is 0 Å². The number of aryl methyl sites for hydroxylation is 1. The maximum absolute atomic E-state index is 11.9. The van der Waals surface area contributed by atoms with Crippen LogP contribution in [0.2, 0.25) is 0 Å². The van der Waals surface area contributed by atoms with Crippen molar-refractivity contribution in [3.8, 4) is 0 Å². The summed E-state index contributed by atoms with van der Waals surface area (Å²) in [5, 5.41) is 1.01. The van der Waals surface area contributed by atoms with E-state index < -0.39 is 0 Å². The lowest BCUT2D eigenvalue weighted by molar-refractivity contribution is -0.114. The van der Waals surface area contributed by atoms with Crippen LogP contribution in [0.5, 0.6) is 0 Å². The van der Waals surface area contributed by atoms with E-state index in [0.29, 0.717) is 19.1 Å². The van der Waals surface area contributed by atoms with Gasteiger partial charge in [-0.05, 0) is 55.1 Å². The molecule has 2 aromatic rings. The van der Waals surface area contributed by atoms with Gasteiger partial charge in [0.25, 0.3) is 0 Å². The maximum atomic E-state index is 11.9. The number of aldehydes is 1. The summed E-state index contributed by atoms with van der Waals surface area (Å²) in [5.41, 5.74) is 2.53. The molecule has 0 aliphatic carbocycles. The van der Waals surface area contributed by atoms with E-state index in [-0.39, 0.29) is 11.8 Å².